The van der Waals surface area contributed by atoms with Crippen molar-refractivity contribution < 1.29 is 9.59 Å². The van der Waals surface area contributed by atoms with E-state index in [1.165, 1.54) is 22.1 Å². The molecule has 3 rings (SSSR count). The Morgan fingerprint density at radius 3 is 2.30 bits per heavy atom. The minimum Gasteiger partial charge on any atom is -0.352 e. The summed E-state index contributed by atoms with van der Waals surface area (Å²) in [7, 11) is 1.68. The number of hydrogen-bond acceptors (Lipinski definition) is 2. The number of para-hydroxylation sites is 1. The van der Waals surface area contributed by atoms with Crippen molar-refractivity contribution in [2.45, 2.75) is 13.3 Å². The smallest absolute Gasteiger partial charge is 0.253 e. The highest BCUT2D eigenvalue weighted by Crippen LogP contribution is 2.20. The molecule has 2 amide bonds. The van der Waals surface area contributed by atoms with E-state index in [-0.39, 0.29) is 11.8 Å². The largest absolute Gasteiger partial charge is 0.352 e. The summed E-state index contributed by atoms with van der Waals surface area (Å²) < 4.78 is 0. The first-order chi connectivity index (χ1) is 14.5. The predicted octanol–water partition coefficient (Wildman–Crippen LogP) is 4.64. The minimum atomic E-state index is -0.194. The quantitative estimate of drug-likeness (QED) is 0.589. The molecule has 0 spiro atoms. The number of aryl methyl sites for hydroxylation is 1. The van der Waals surface area contributed by atoms with Crippen molar-refractivity contribution in [1.82, 2.24) is 5.32 Å². The molecule has 0 saturated heterocycles. The summed E-state index contributed by atoms with van der Waals surface area (Å²) in [5.74, 6) is -0.385. The number of carbonyl (C=O) groups is 2. The molecule has 0 fully saturated rings. The Hall–Kier alpha value is -3.66. The number of nitrogens with one attached hydrogen (secondary N) is 1. The number of likely N-dealkylation sites (N-methyl/N-ethyl adjacent to an activating group) is 1. The lowest BCUT2D eigenvalue weighted by Crippen LogP contribution is -2.30. The van der Waals surface area contributed by atoms with Crippen LogP contribution in [0.3, 0.4) is 0 Å². The number of benzene rings is 3. The van der Waals surface area contributed by atoms with Crippen LogP contribution in [0, 0.1) is 6.92 Å². The van der Waals surface area contributed by atoms with Gasteiger partial charge in [0.1, 0.15) is 0 Å². The minimum absolute atomic E-state index is 0.191. The van der Waals surface area contributed by atoms with E-state index in [2.05, 4.69) is 5.32 Å². The summed E-state index contributed by atoms with van der Waals surface area (Å²) in [6, 6.07) is 25.1. The maximum absolute atomic E-state index is 12.7. The highest BCUT2D eigenvalue weighted by molar-refractivity contribution is 6.08. The van der Waals surface area contributed by atoms with E-state index in [4.69, 9.17) is 0 Å². The molecule has 1 N–H and O–H groups in total. The summed E-state index contributed by atoms with van der Waals surface area (Å²) in [6.07, 6.45) is 4.05. The number of anilines is 1. The van der Waals surface area contributed by atoms with Crippen LogP contribution in [-0.2, 0) is 11.2 Å². The summed E-state index contributed by atoms with van der Waals surface area (Å²) in [6.45, 7) is 2.55. The normalized spacial score (nSPS) is 10.7. The first-order valence-electron chi connectivity index (χ1n) is 9.98. The third kappa shape index (κ3) is 5.67. The summed E-state index contributed by atoms with van der Waals surface area (Å²) in [5.41, 5.74) is 4.34. The Balaban J connectivity index is 1.66. The molecule has 0 aliphatic carbocycles. The molecule has 0 aliphatic rings. The average Bonchev–Trinajstić information content (AvgIpc) is 2.78. The summed E-state index contributed by atoms with van der Waals surface area (Å²) >= 11 is 0. The van der Waals surface area contributed by atoms with Gasteiger partial charge < -0.3 is 10.2 Å². The molecule has 0 heterocycles. The van der Waals surface area contributed by atoms with Crippen molar-refractivity contribution in [2.24, 2.45) is 0 Å². The van der Waals surface area contributed by atoms with E-state index < -0.39 is 0 Å². The molecule has 30 heavy (non-hydrogen) atoms. The van der Waals surface area contributed by atoms with Gasteiger partial charge in [0.15, 0.2) is 0 Å². The fraction of sp³-hybridized carbons (Fsp3) is 0.154. The zero-order valence-corrected chi connectivity index (χ0v) is 17.3. The molecule has 0 aromatic heterocycles. The van der Waals surface area contributed by atoms with Crippen LogP contribution in [0.2, 0.25) is 0 Å². The van der Waals surface area contributed by atoms with Gasteiger partial charge in [-0.2, -0.15) is 0 Å². The van der Waals surface area contributed by atoms with Crippen LogP contribution in [0.1, 0.15) is 27.0 Å². The highest BCUT2D eigenvalue weighted by atomic mass is 16.2. The van der Waals surface area contributed by atoms with Crippen molar-refractivity contribution in [2.75, 3.05) is 18.5 Å². The average molecular weight is 399 g/mol. The van der Waals surface area contributed by atoms with Gasteiger partial charge in [-0.15, -0.1) is 0 Å². The fourth-order valence-electron chi connectivity index (χ4n) is 3.09. The van der Waals surface area contributed by atoms with Crippen LogP contribution in [0.4, 0.5) is 5.69 Å². The van der Waals surface area contributed by atoms with Gasteiger partial charge in [0.05, 0.1) is 11.3 Å². The van der Waals surface area contributed by atoms with Gasteiger partial charge in [0.2, 0.25) is 0 Å². The molecule has 0 unspecified atom stereocenters. The Kier molecular flexibility index (Phi) is 7.17. The predicted molar refractivity (Wildman–Crippen MR) is 123 cm³/mol. The molecular weight excluding hydrogens is 372 g/mol. The number of carbonyl (C=O) groups excluding carboxylic acids is 2. The van der Waals surface area contributed by atoms with Crippen LogP contribution in [0.25, 0.3) is 6.08 Å². The lowest BCUT2D eigenvalue weighted by atomic mass is 10.1. The molecule has 152 valence electrons. The van der Waals surface area contributed by atoms with Gasteiger partial charge in [0.25, 0.3) is 11.8 Å². The Labute approximate surface area is 177 Å². The fourth-order valence-corrected chi connectivity index (χ4v) is 3.09. The highest BCUT2D eigenvalue weighted by Gasteiger charge is 2.16. The summed E-state index contributed by atoms with van der Waals surface area (Å²) in [5, 5.41) is 2.95. The number of rotatable bonds is 7. The van der Waals surface area contributed by atoms with Crippen LogP contribution in [0.15, 0.2) is 84.9 Å². The van der Waals surface area contributed by atoms with E-state index in [0.29, 0.717) is 17.8 Å². The van der Waals surface area contributed by atoms with E-state index in [1.54, 1.807) is 31.3 Å². The van der Waals surface area contributed by atoms with E-state index >= 15 is 0 Å². The van der Waals surface area contributed by atoms with Crippen LogP contribution < -0.4 is 10.2 Å². The van der Waals surface area contributed by atoms with Crippen molar-refractivity contribution in [3.8, 4) is 0 Å². The second-order valence-electron chi connectivity index (χ2n) is 7.15. The van der Waals surface area contributed by atoms with E-state index in [9.17, 15) is 9.59 Å². The van der Waals surface area contributed by atoms with Crippen molar-refractivity contribution in [3.05, 3.63) is 107 Å². The van der Waals surface area contributed by atoms with E-state index in [0.717, 1.165) is 12.0 Å². The molecule has 0 atom stereocenters. The molecule has 0 saturated carbocycles. The molecule has 4 heteroatoms. The summed E-state index contributed by atoms with van der Waals surface area (Å²) in [4.78, 5) is 26.9. The van der Waals surface area contributed by atoms with Gasteiger partial charge in [0, 0.05) is 19.7 Å². The Morgan fingerprint density at radius 2 is 1.57 bits per heavy atom. The van der Waals surface area contributed by atoms with Gasteiger partial charge >= 0.3 is 0 Å². The SMILES string of the molecule is Cc1ccc(/C=C/C(=O)N(C)c2ccccc2C(=O)NCCc2ccccc2)cc1. The monoisotopic (exact) mass is 398 g/mol. The molecule has 4 nitrogen and oxygen atoms in total. The van der Waals surface area contributed by atoms with E-state index in [1.807, 2.05) is 67.6 Å². The van der Waals surface area contributed by atoms with Crippen molar-refractivity contribution in [3.63, 3.8) is 0 Å². The maximum Gasteiger partial charge on any atom is 0.253 e. The van der Waals surface area contributed by atoms with Gasteiger partial charge in [-0.3, -0.25) is 9.59 Å². The zero-order valence-electron chi connectivity index (χ0n) is 17.3. The lowest BCUT2D eigenvalue weighted by Gasteiger charge is -2.19. The third-order valence-electron chi connectivity index (χ3n) is 4.88. The maximum atomic E-state index is 12.7. The van der Waals surface area contributed by atoms with Crippen LogP contribution in [0.5, 0.6) is 0 Å². The van der Waals surface area contributed by atoms with Crippen LogP contribution in [-0.4, -0.2) is 25.4 Å². The molecular formula is C26H26N2O2. The second-order valence-corrected chi connectivity index (χ2v) is 7.15. The zero-order chi connectivity index (χ0) is 21.3. The molecule has 0 radical (unpaired) electrons. The van der Waals surface area contributed by atoms with Gasteiger partial charge in [-0.1, -0.05) is 72.3 Å². The Morgan fingerprint density at radius 1 is 0.900 bits per heavy atom. The standard InChI is InChI=1S/C26H26N2O2/c1-20-12-14-22(15-13-20)16-17-25(29)28(2)24-11-7-6-10-23(24)26(30)27-19-18-21-8-4-3-5-9-21/h3-17H,18-19H2,1-2H3,(H,27,30)/b17-16+. The van der Waals surface area contributed by atoms with Gasteiger partial charge in [-0.05, 0) is 42.7 Å². The molecule has 3 aromatic carbocycles. The Bertz CT molecular complexity index is 1020. The lowest BCUT2D eigenvalue weighted by molar-refractivity contribution is -0.113. The second kappa shape index (κ2) is 10.2. The van der Waals surface area contributed by atoms with Crippen LogP contribution >= 0.6 is 0 Å². The number of hydrogen-bond donors (Lipinski definition) is 1. The third-order valence-corrected chi connectivity index (χ3v) is 4.88. The first kappa shape index (κ1) is 21.1. The first-order valence-corrected chi connectivity index (χ1v) is 9.98. The molecule has 0 bridgehead atoms. The van der Waals surface area contributed by atoms with Gasteiger partial charge in [-0.25, -0.2) is 0 Å². The molecule has 3 aromatic rings. The number of amides is 2. The number of nitrogens with zero attached hydrogens (tertiary/aromatic N) is 1. The van der Waals surface area contributed by atoms with Crippen molar-refractivity contribution in [1.29, 1.82) is 0 Å². The molecule has 0 aliphatic heterocycles. The topological polar surface area (TPSA) is 49.4 Å². The van der Waals surface area contributed by atoms with Crippen molar-refractivity contribution >= 4 is 23.6 Å².